The van der Waals surface area contributed by atoms with E-state index in [2.05, 4.69) is 10.3 Å². The molecule has 0 unspecified atom stereocenters. The lowest BCUT2D eigenvalue weighted by atomic mass is 10.0. The molecule has 3 aromatic rings. The van der Waals surface area contributed by atoms with E-state index in [1.54, 1.807) is 21.6 Å². The molecule has 1 aliphatic heterocycles. The topological polar surface area (TPSA) is 97.4 Å². The Morgan fingerprint density at radius 3 is 2.73 bits per heavy atom. The van der Waals surface area contributed by atoms with Crippen molar-refractivity contribution in [3.8, 4) is 0 Å². The molecule has 8 nitrogen and oxygen atoms in total. The Morgan fingerprint density at radius 2 is 1.97 bits per heavy atom. The third-order valence-electron chi connectivity index (χ3n) is 5.45. The number of rotatable bonds is 6. The molecule has 8 heteroatoms. The van der Waals surface area contributed by atoms with E-state index < -0.39 is 0 Å². The Labute approximate surface area is 173 Å². The minimum Gasteiger partial charge on any atom is -0.472 e. The van der Waals surface area contributed by atoms with E-state index in [9.17, 15) is 14.4 Å². The molecule has 1 aliphatic rings. The van der Waals surface area contributed by atoms with Crippen molar-refractivity contribution in [2.24, 2.45) is 0 Å². The van der Waals surface area contributed by atoms with Gasteiger partial charge in [0.1, 0.15) is 6.26 Å². The number of likely N-dealkylation sites (tertiary alicyclic amines) is 1. The highest BCUT2D eigenvalue weighted by Gasteiger charge is 2.24. The van der Waals surface area contributed by atoms with E-state index in [1.807, 2.05) is 18.2 Å². The van der Waals surface area contributed by atoms with Crippen LogP contribution in [-0.2, 0) is 11.3 Å². The zero-order valence-corrected chi connectivity index (χ0v) is 16.6. The van der Waals surface area contributed by atoms with Crippen LogP contribution in [-0.4, -0.2) is 45.4 Å². The van der Waals surface area contributed by atoms with Crippen molar-refractivity contribution in [3.63, 3.8) is 0 Å². The lowest BCUT2D eigenvalue weighted by molar-refractivity contribution is -0.122. The number of aromatic nitrogens is 2. The molecule has 2 amide bonds. The summed E-state index contributed by atoms with van der Waals surface area (Å²) in [5.41, 5.74) is 1.14. The summed E-state index contributed by atoms with van der Waals surface area (Å²) in [6.45, 7) is 1.65. The molecule has 0 atom stereocenters. The van der Waals surface area contributed by atoms with Gasteiger partial charge >= 0.3 is 0 Å². The number of carbonyl (C=O) groups excluding carboxylic acids is 2. The number of fused-ring (bicyclic) bond motifs is 1. The van der Waals surface area contributed by atoms with Crippen molar-refractivity contribution in [2.45, 2.75) is 38.3 Å². The number of benzene rings is 1. The van der Waals surface area contributed by atoms with Crippen LogP contribution < -0.4 is 10.9 Å². The number of piperidine rings is 1. The number of carbonyl (C=O) groups is 2. The number of hydrogen-bond acceptors (Lipinski definition) is 5. The van der Waals surface area contributed by atoms with E-state index in [0.717, 1.165) is 12.8 Å². The lowest BCUT2D eigenvalue weighted by Gasteiger charge is -2.32. The fourth-order valence-electron chi connectivity index (χ4n) is 3.77. The summed E-state index contributed by atoms with van der Waals surface area (Å²) in [4.78, 5) is 43.2. The number of nitrogens with one attached hydrogen (secondary N) is 1. The molecule has 1 aromatic carbocycles. The molecule has 1 saturated heterocycles. The summed E-state index contributed by atoms with van der Waals surface area (Å²) in [6.07, 6.45) is 6.83. The highest BCUT2D eigenvalue weighted by atomic mass is 16.3. The summed E-state index contributed by atoms with van der Waals surface area (Å²) in [5.74, 6) is -0.0700. The Bertz CT molecular complexity index is 1080. The average molecular weight is 408 g/mol. The van der Waals surface area contributed by atoms with Crippen molar-refractivity contribution in [3.05, 3.63) is 65.1 Å². The largest absolute Gasteiger partial charge is 0.472 e. The Morgan fingerprint density at radius 1 is 1.17 bits per heavy atom. The second-order valence-electron chi connectivity index (χ2n) is 7.51. The van der Waals surface area contributed by atoms with Gasteiger partial charge in [-0.2, -0.15) is 0 Å². The van der Waals surface area contributed by atoms with Gasteiger partial charge in [0.05, 0.1) is 29.1 Å². The third-order valence-corrected chi connectivity index (χ3v) is 5.45. The normalized spacial score (nSPS) is 14.7. The summed E-state index contributed by atoms with van der Waals surface area (Å²) in [5, 5.41) is 3.63. The molecular formula is C22H24N4O4. The van der Waals surface area contributed by atoms with Gasteiger partial charge < -0.3 is 14.6 Å². The standard InChI is InChI=1S/C22H24N4O4/c27-20(6-3-10-26-15-23-19-5-2-1-4-18(19)22(26)29)24-17-7-11-25(12-8-17)21(28)16-9-13-30-14-16/h1-2,4-5,9,13-15,17H,3,6-8,10-12H2,(H,24,27). The first kappa shape index (κ1) is 19.9. The second-order valence-corrected chi connectivity index (χ2v) is 7.51. The van der Waals surface area contributed by atoms with E-state index in [-0.39, 0.29) is 23.4 Å². The van der Waals surface area contributed by atoms with E-state index in [1.165, 1.54) is 18.9 Å². The first-order chi connectivity index (χ1) is 14.6. The number of para-hydroxylation sites is 1. The molecule has 156 valence electrons. The van der Waals surface area contributed by atoms with Gasteiger partial charge in [-0.05, 0) is 37.5 Å². The Hall–Kier alpha value is -3.42. The first-order valence-corrected chi connectivity index (χ1v) is 10.2. The molecule has 0 aliphatic carbocycles. The van der Waals surface area contributed by atoms with Gasteiger partial charge in [-0.3, -0.25) is 19.0 Å². The molecule has 4 rings (SSSR count). The molecule has 0 bridgehead atoms. The predicted octanol–water partition coefficient (Wildman–Crippen LogP) is 2.19. The second kappa shape index (κ2) is 8.94. The zero-order chi connectivity index (χ0) is 20.9. The number of furan rings is 1. The molecule has 0 radical (unpaired) electrons. The van der Waals surface area contributed by atoms with Crippen molar-refractivity contribution < 1.29 is 14.0 Å². The average Bonchev–Trinajstić information content (AvgIpc) is 3.30. The van der Waals surface area contributed by atoms with Crippen LogP contribution in [0, 0.1) is 0 Å². The number of hydrogen-bond donors (Lipinski definition) is 1. The van der Waals surface area contributed by atoms with E-state index in [0.29, 0.717) is 48.9 Å². The van der Waals surface area contributed by atoms with Crippen molar-refractivity contribution in [1.29, 1.82) is 0 Å². The first-order valence-electron chi connectivity index (χ1n) is 10.2. The van der Waals surface area contributed by atoms with Crippen LogP contribution in [0.5, 0.6) is 0 Å². The minimum atomic E-state index is -0.0873. The predicted molar refractivity (Wildman–Crippen MR) is 111 cm³/mol. The molecule has 1 N–H and O–H groups in total. The summed E-state index contributed by atoms with van der Waals surface area (Å²) < 4.78 is 6.52. The van der Waals surface area contributed by atoms with Gasteiger partial charge in [-0.1, -0.05) is 12.1 Å². The SMILES string of the molecule is O=C(CCCn1cnc2ccccc2c1=O)NC1CCN(C(=O)c2ccoc2)CC1. The minimum absolute atomic E-state index is 0.0311. The van der Waals surface area contributed by atoms with Gasteiger partial charge in [0.2, 0.25) is 5.91 Å². The number of aryl methyl sites for hydroxylation is 1. The molecular weight excluding hydrogens is 384 g/mol. The van der Waals surface area contributed by atoms with Gasteiger partial charge in [0.15, 0.2) is 0 Å². The number of amides is 2. The smallest absolute Gasteiger partial charge is 0.261 e. The third kappa shape index (κ3) is 4.42. The van der Waals surface area contributed by atoms with Crippen molar-refractivity contribution >= 4 is 22.7 Å². The molecule has 0 saturated carbocycles. The van der Waals surface area contributed by atoms with Crippen LogP contribution in [0.15, 0.2) is 58.4 Å². The molecule has 30 heavy (non-hydrogen) atoms. The summed E-state index contributed by atoms with van der Waals surface area (Å²) >= 11 is 0. The summed E-state index contributed by atoms with van der Waals surface area (Å²) in [7, 11) is 0. The number of nitrogens with zero attached hydrogens (tertiary/aromatic N) is 3. The highest BCUT2D eigenvalue weighted by Crippen LogP contribution is 2.14. The maximum absolute atomic E-state index is 12.5. The molecule has 1 fully saturated rings. The van der Waals surface area contributed by atoms with E-state index >= 15 is 0 Å². The zero-order valence-electron chi connectivity index (χ0n) is 16.6. The van der Waals surface area contributed by atoms with Crippen LogP contribution in [0.4, 0.5) is 0 Å². The van der Waals surface area contributed by atoms with Gasteiger partial charge in [-0.25, -0.2) is 4.98 Å². The quantitative estimate of drug-likeness (QED) is 0.674. The molecule has 2 aromatic heterocycles. The van der Waals surface area contributed by atoms with Crippen molar-refractivity contribution in [2.75, 3.05) is 13.1 Å². The maximum Gasteiger partial charge on any atom is 0.261 e. The van der Waals surface area contributed by atoms with Crippen LogP contribution in [0.3, 0.4) is 0 Å². The lowest BCUT2D eigenvalue weighted by Crippen LogP contribution is -2.46. The fraction of sp³-hybridized carbons (Fsp3) is 0.364. The molecule has 3 heterocycles. The Balaban J connectivity index is 1.22. The van der Waals surface area contributed by atoms with Crippen molar-refractivity contribution in [1.82, 2.24) is 19.8 Å². The van der Waals surface area contributed by atoms with E-state index in [4.69, 9.17) is 4.42 Å². The van der Waals surface area contributed by atoms with Crippen LogP contribution in [0.1, 0.15) is 36.0 Å². The maximum atomic E-state index is 12.5. The van der Waals surface area contributed by atoms with Crippen LogP contribution >= 0.6 is 0 Å². The monoisotopic (exact) mass is 408 g/mol. The van der Waals surface area contributed by atoms with Gasteiger partial charge in [0, 0.05) is 32.1 Å². The van der Waals surface area contributed by atoms with Gasteiger partial charge in [-0.15, -0.1) is 0 Å². The fourth-order valence-corrected chi connectivity index (χ4v) is 3.77. The Kier molecular flexibility index (Phi) is 5.92. The highest BCUT2D eigenvalue weighted by molar-refractivity contribution is 5.93. The van der Waals surface area contributed by atoms with Crippen LogP contribution in [0.25, 0.3) is 10.9 Å². The molecule has 0 spiro atoms. The van der Waals surface area contributed by atoms with Gasteiger partial charge in [0.25, 0.3) is 11.5 Å². The summed E-state index contributed by atoms with van der Waals surface area (Å²) in [6, 6.07) is 8.96. The van der Waals surface area contributed by atoms with Crippen LogP contribution in [0.2, 0.25) is 0 Å².